The minimum Gasteiger partial charge on any atom is 4.00 e. The van der Waals surface area contributed by atoms with Crippen molar-refractivity contribution >= 4 is 49.8 Å². The molecular weight excluding hydrogens is 535 g/mol. The number of aliphatic hydroxyl groups is 2. The Morgan fingerprint density at radius 3 is 0.655 bits per heavy atom. The summed E-state index contributed by atoms with van der Waals surface area (Å²) in [4.78, 5) is 32.9. The van der Waals surface area contributed by atoms with Crippen LogP contribution in [0.15, 0.2) is 0 Å². The Labute approximate surface area is 203 Å². The van der Waals surface area contributed by atoms with Crippen LogP contribution in [0.25, 0.3) is 0 Å². The van der Waals surface area contributed by atoms with Crippen LogP contribution < -0.4 is 0 Å². The second-order valence-electron chi connectivity index (χ2n) is 2.81. The maximum Gasteiger partial charge on any atom is 4.00 e. The van der Waals surface area contributed by atoms with Gasteiger partial charge in [-0.25, -0.2) is 0 Å². The summed E-state index contributed by atoms with van der Waals surface area (Å²) in [6.45, 7) is 17.5. The molecule has 0 rings (SSSR count). The third-order valence-corrected chi connectivity index (χ3v) is 0.447. The Morgan fingerprint density at radius 2 is 0.655 bits per heavy atom. The molecule has 0 saturated heterocycles. The summed E-state index contributed by atoms with van der Waals surface area (Å²) in [6.07, 6.45) is 3.75. The molecule has 0 saturated carbocycles. The van der Waals surface area contributed by atoms with E-state index in [0.29, 0.717) is 39.1 Å². The van der Waals surface area contributed by atoms with Crippen molar-refractivity contribution in [2.45, 2.75) is 53.4 Å². The molecule has 0 aliphatic carbocycles. The van der Waals surface area contributed by atoms with E-state index in [1.165, 1.54) is 0 Å². The quantitative estimate of drug-likeness (QED) is 0.206. The predicted octanol–water partition coefficient (Wildman–Crippen LogP) is 1.18. The van der Waals surface area contributed by atoms with Gasteiger partial charge in [0.25, 0.3) is 0 Å². The summed E-state index contributed by atoms with van der Waals surface area (Å²) in [5.41, 5.74) is 0. The van der Waals surface area contributed by atoms with Gasteiger partial charge in [0.2, 0.25) is 0 Å². The van der Waals surface area contributed by atoms with Gasteiger partial charge in [-0.05, 0) is 12.8 Å². The maximum atomic E-state index is 8.25. The summed E-state index contributed by atoms with van der Waals surface area (Å²) in [6, 6.07) is 0. The van der Waals surface area contributed by atoms with Gasteiger partial charge in [-0.3, -0.25) is 0 Å². The summed E-state index contributed by atoms with van der Waals surface area (Å²) < 4.78 is 8.25. The Kier molecular flexibility index (Phi) is 484. The molecular formula is C16H34O11SnTi. The topological polar surface area (TPSA) is 207 Å². The minimum absolute atomic E-state index is 0. The van der Waals surface area contributed by atoms with Crippen LogP contribution in [0.3, 0.4) is 0 Å². The minimum atomic E-state index is 0. The zero-order valence-corrected chi connectivity index (χ0v) is 21.8. The summed E-state index contributed by atoms with van der Waals surface area (Å²) in [5, 5.41) is 42.8. The van der Waals surface area contributed by atoms with Gasteiger partial charge < -0.3 is 63.7 Å². The molecule has 0 bridgehead atoms. The first-order chi connectivity index (χ1) is 13.3. The van der Waals surface area contributed by atoms with Crippen LogP contribution in [0.5, 0.6) is 0 Å². The van der Waals surface area contributed by atoms with Gasteiger partial charge in [0, 0.05) is 13.2 Å². The molecule has 172 valence electrons. The van der Waals surface area contributed by atoms with Crippen LogP contribution in [0.1, 0.15) is 53.4 Å². The molecule has 6 N–H and O–H groups in total. The molecule has 0 fully saturated rings. The van der Waals surface area contributed by atoms with Crippen LogP contribution in [-0.2, 0) is 42.9 Å². The van der Waals surface area contributed by atoms with E-state index in [0.717, 1.165) is 46.1 Å². The van der Waals surface area contributed by atoms with E-state index in [4.69, 9.17) is 53.1 Å². The van der Waals surface area contributed by atoms with E-state index >= 15 is 0 Å². The average molecular weight is 569 g/mol. The van der Waals surface area contributed by atoms with E-state index in [1.807, 2.05) is 27.7 Å². The Balaban J connectivity index is -0.0000000175. The molecule has 0 aliphatic heterocycles. The van der Waals surface area contributed by atoms with Crippen molar-refractivity contribution in [2.24, 2.45) is 0 Å². The molecule has 0 aromatic carbocycles. The van der Waals surface area contributed by atoms with Crippen molar-refractivity contribution in [1.82, 2.24) is 0 Å². The molecule has 29 heavy (non-hydrogen) atoms. The van der Waals surface area contributed by atoms with Gasteiger partial charge >= 0.3 is 47.6 Å². The first-order valence-corrected chi connectivity index (χ1v) is 8.01. The third kappa shape index (κ3) is 13800. The van der Waals surface area contributed by atoms with Gasteiger partial charge in [-0.2, -0.15) is 12.8 Å². The van der Waals surface area contributed by atoms with E-state index in [1.54, 1.807) is 0 Å². The number of aliphatic hydroxyl groups excluding tert-OH is 6. The molecule has 0 aliphatic rings. The molecule has 0 spiro atoms. The van der Waals surface area contributed by atoms with Crippen LogP contribution in [0, 0.1) is 13.8 Å². The first-order valence-electron chi connectivity index (χ1n) is 7.38. The predicted molar refractivity (Wildman–Crippen MR) is 106 cm³/mol. The summed E-state index contributed by atoms with van der Waals surface area (Å²) in [5.74, 6) is 0. The van der Waals surface area contributed by atoms with E-state index in [9.17, 15) is 0 Å². The SMILES string of the molecule is CCCO.CCCO.O=[C-]O.O=[C-]O.O=[C-]O.O=[C-]O.[CH2-]CC.[CH2-]CC.[O]=[Ti+2].[Sn+4]. The third-order valence-electron chi connectivity index (χ3n) is 0.447. The van der Waals surface area contributed by atoms with Crippen LogP contribution in [-0.4, -0.2) is 93.6 Å². The van der Waals surface area contributed by atoms with Crippen molar-refractivity contribution in [3.63, 3.8) is 0 Å². The van der Waals surface area contributed by atoms with Crippen molar-refractivity contribution in [1.29, 1.82) is 0 Å². The van der Waals surface area contributed by atoms with Gasteiger partial charge in [0.15, 0.2) is 0 Å². The molecule has 13 heteroatoms. The summed E-state index contributed by atoms with van der Waals surface area (Å²) >= 11 is 0.750. The number of hydrogen-bond acceptors (Lipinski definition) is 7. The molecule has 0 aromatic rings. The molecule has 0 radical (unpaired) electrons. The molecule has 0 aromatic heterocycles. The van der Waals surface area contributed by atoms with Crippen molar-refractivity contribution < 1.29 is 73.5 Å². The first kappa shape index (κ1) is 63.0. The fraction of sp³-hybridized carbons (Fsp3) is 0.625. The molecule has 0 heterocycles. The Morgan fingerprint density at radius 1 is 0.621 bits per heavy atom. The van der Waals surface area contributed by atoms with Gasteiger partial charge in [-0.1, -0.05) is 53.6 Å². The Bertz CT molecular complexity index is 158. The molecule has 11 nitrogen and oxygen atoms in total. The monoisotopic (exact) mass is 570 g/mol. The number of hydrogen-bond donors (Lipinski definition) is 6. The van der Waals surface area contributed by atoms with Crippen molar-refractivity contribution in [2.75, 3.05) is 13.2 Å². The van der Waals surface area contributed by atoms with E-state index < -0.39 is 0 Å². The zero-order valence-electron chi connectivity index (χ0n) is 17.4. The fourth-order valence-electron chi connectivity index (χ4n) is 0. The normalized spacial score (nSPS) is 5.17. The Hall–Kier alpha value is -0.887. The maximum absolute atomic E-state index is 8.25. The van der Waals surface area contributed by atoms with E-state index in [-0.39, 0.29) is 23.9 Å². The summed E-state index contributed by atoms with van der Waals surface area (Å²) in [7, 11) is 0. The zero-order chi connectivity index (χ0) is 25.1. The van der Waals surface area contributed by atoms with Crippen LogP contribution >= 0.6 is 0 Å². The molecule has 0 unspecified atom stereocenters. The van der Waals surface area contributed by atoms with Gasteiger partial charge in [0.1, 0.15) is 0 Å². The van der Waals surface area contributed by atoms with Crippen LogP contribution in [0.2, 0.25) is 0 Å². The largest absolute Gasteiger partial charge is 4.00 e. The second kappa shape index (κ2) is 223. The fourth-order valence-corrected chi connectivity index (χ4v) is 0. The standard InChI is InChI=1S/2C3H8O.2C3H7.4CHO2.O.Sn.Ti/c2*1-2-3-4;2*1-3-2;4*2-1-3;;;/h2*4H,2-3H2,1H3;2*1,3H2,2H3;4*(H,2,3);;;/q;;6*-1;;+4;+2. The van der Waals surface area contributed by atoms with Crippen molar-refractivity contribution in [3.05, 3.63) is 13.8 Å². The smallest absolute Gasteiger partial charge is 4.00 e. The average Bonchev–Trinajstić information content (AvgIpc) is 2.67. The number of rotatable bonds is 2. The van der Waals surface area contributed by atoms with E-state index in [2.05, 4.69) is 13.8 Å². The second-order valence-corrected chi connectivity index (χ2v) is 2.81. The van der Waals surface area contributed by atoms with Crippen LogP contribution in [0.4, 0.5) is 0 Å². The van der Waals surface area contributed by atoms with Gasteiger partial charge in [-0.15, -0.1) is 0 Å². The molecule has 0 atom stereocenters. The molecule has 0 amide bonds. The van der Waals surface area contributed by atoms with Crippen molar-refractivity contribution in [3.8, 4) is 0 Å². The van der Waals surface area contributed by atoms with Gasteiger partial charge in [0.05, 0.1) is 0 Å².